The molecule has 1 unspecified atom stereocenters. The van der Waals surface area contributed by atoms with Crippen molar-refractivity contribution in [2.75, 3.05) is 18.4 Å². The minimum Gasteiger partial charge on any atom is -0.379 e. The van der Waals surface area contributed by atoms with E-state index >= 15 is 0 Å². The lowest BCUT2D eigenvalue weighted by Gasteiger charge is -2.24. The van der Waals surface area contributed by atoms with Gasteiger partial charge in [-0.05, 0) is 18.6 Å². The lowest BCUT2D eigenvalue weighted by atomic mass is 10.1. The lowest BCUT2D eigenvalue weighted by Crippen LogP contribution is -2.53. The second-order valence-corrected chi connectivity index (χ2v) is 6.46. The summed E-state index contributed by atoms with van der Waals surface area (Å²) in [5.74, 6) is -3.06. The van der Waals surface area contributed by atoms with Crippen molar-refractivity contribution in [2.45, 2.75) is 39.1 Å². The number of hydrogen-bond donors (Lipinski definition) is 3. The maximum Gasteiger partial charge on any atom is 0.575 e. The SMILES string of the molecule is CC(=O)OC(F)(F)F.CCCC(C(=O)NC=O)N1C(=O)c2cccc(NCC[NH3+])c2C1=O. The van der Waals surface area contributed by atoms with E-state index in [1.165, 1.54) is 0 Å². The van der Waals surface area contributed by atoms with Gasteiger partial charge < -0.3 is 15.8 Å². The van der Waals surface area contributed by atoms with Crippen molar-refractivity contribution in [1.82, 2.24) is 10.2 Å². The molecule has 0 bridgehead atoms. The number of anilines is 1. The molecular weight excluding hydrogens is 437 g/mol. The number of carbonyl (C=O) groups excluding carboxylic acids is 5. The summed E-state index contributed by atoms with van der Waals surface area (Å²) >= 11 is 0. The summed E-state index contributed by atoms with van der Waals surface area (Å²) in [5, 5.41) is 5.11. The van der Waals surface area contributed by atoms with Crippen LogP contribution in [0, 0.1) is 0 Å². The first-order chi connectivity index (χ1) is 15.0. The molecule has 10 nitrogen and oxygen atoms in total. The quantitative estimate of drug-likeness (QED) is 0.289. The molecule has 176 valence electrons. The fourth-order valence-corrected chi connectivity index (χ4v) is 2.92. The van der Waals surface area contributed by atoms with Crippen molar-refractivity contribution in [2.24, 2.45) is 0 Å². The third-order valence-electron chi connectivity index (χ3n) is 4.08. The molecule has 1 heterocycles. The molecule has 1 aliphatic rings. The minimum absolute atomic E-state index is 0.254. The van der Waals surface area contributed by atoms with Gasteiger partial charge in [-0.25, -0.2) is 0 Å². The van der Waals surface area contributed by atoms with E-state index in [4.69, 9.17) is 0 Å². The van der Waals surface area contributed by atoms with E-state index in [0.717, 1.165) is 4.90 Å². The van der Waals surface area contributed by atoms with E-state index < -0.39 is 36.1 Å². The topological polar surface area (TPSA) is 150 Å². The molecule has 5 N–H and O–H groups in total. The largest absolute Gasteiger partial charge is 0.575 e. The molecule has 1 aromatic rings. The third kappa shape index (κ3) is 7.04. The molecule has 0 aromatic heterocycles. The maximum atomic E-state index is 12.8. The Morgan fingerprint density at radius 1 is 1.25 bits per heavy atom. The van der Waals surface area contributed by atoms with Crippen molar-refractivity contribution >= 4 is 35.8 Å². The van der Waals surface area contributed by atoms with Crippen LogP contribution in [0.4, 0.5) is 18.9 Å². The average molecular weight is 461 g/mol. The molecule has 4 amide bonds. The van der Waals surface area contributed by atoms with Gasteiger partial charge in [0.05, 0.1) is 24.2 Å². The van der Waals surface area contributed by atoms with Gasteiger partial charge in [-0.3, -0.25) is 34.2 Å². The number of rotatable bonds is 8. The zero-order valence-corrected chi connectivity index (χ0v) is 17.5. The van der Waals surface area contributed by atoms with E-state index in [-0.39, 0.29) is 24.0 Å². The van der Waals surface area contributed by atoms with Crippen LogP contribution < -0.4 is 16.4 Å². The Bertz CT molecular complexity index is 875. The first kappa shape index (κ1) is 26.6. The molecule has 32 heavy (non-hydrogen) atoms. The monoisotopic (exact) mass is 461 g/mol. The number of hydrogen-bond acceptors (Lipinski definition) is 7. The molecule has 0 radical (unpaired) electrons. The van der Waals surface area contributed by atoms with Crippen LogP contribution in [-0.2, 0) is 19.1 Å². The fraction of sp³-hybridized carbons (Fsp3) is 0.421. The van der Waals surface area contributed by atoms with Gasteiger partial charge in [0.25, 0.3) is 11.8 Å². The summed E-state index contributed by atoms with van der Waals surface area (Å²) in [5.41, 5.74) is 4.79. The van der Waals surface area contributed by atoms with Crippen molar-refractivity contribution < 1.29 is 47.6 Å². The summed E-state index contributed by atoms with van der Waals surface area (Å²) in [6.45, 7) is 3.70. The maximum absolute atomic E-state index is 12.8. The van der Waals surface area contributed by atoms with Gasteiger partial charge in [0.15, 0.2) is 0 Å². The number of carbonyl (C=O) groups is 5. The Hall–Kier alpha value is -3.48. The van der Waals surface area contributed by atoms with Gasteiger partial charge in [0.1, 0.15) is 6.04 Å². The molecule has 0 fully saturated rings. The van der Waals surface area contributed by atoms with E-state index in [2.05, 4.69) is 15.8 Å². The van der Waals surface area contributed by atoms with Crippen LogP contribution in [0.3, 0.4) is 0 Å². The second kappa shape index (κ2) is 11.8. The summed E-state index contributed by atoms with van der Waals surface area (Å²) in [6.07, 6.45) is -3.71. The van der Waals surface area contributed by atoms with E-state index in [1.54, 1.807) is 18.2 Å². The molecule has 0 saturated heterocycles. The molecule has 1 aromatic carbocycles. The average Bonchev–Trinajstić information content (AvgIpc) is 2.94. The number of nitrogens with one attached hydrogen (secondary N) is 2. The van der Waals surface area contributed by atoms with Crippen molar-refractivity contribution in [3.05, 3.63) is 29.3 Å². The number of quaternary nitrogens is 1. The highest BCUT2D eigenvalue weighted by Gasteiger charge is 2.43. The number of ether oxygens (including phenoxy) is 1. The van der Waals surface area contributed by atoms with Gasteiger partial charge in [-0.2, -0.15) is 0 Å². The smallest absolute Gasteiger partial charge is 0.379 e. The van der Waals surface area contributed by atoms with E-state index in [0.29, 0.717) is 32.1 Å². The molecular formula is C19H24F3N4O6+. The molecule has 13 heteroatoms. The number of imide groups is 2. The number of benzene rings is 1. The molecule has 1 aliphatic heterocycles. The normalized spacial score (nSPS) is 13.5. The highest BCUT2D eigenvalue weighted by atomic mass is 19.4. The Morgan fingerprint density at radius 2 is 1.91 bits per heavy atom. The molecule has 0 saturated carbocycles. The van der Waals surface area contributed by atoms with E-state index in [1.807, 2.05) is 12.2 Å². The molecule has 1 atom stereocenters. The Kier molecular flexibility index (Phi) is 9.78. The van der Waals surface area contributed by atoms with E-state index in [9.17, 15) is 37.1 Å². The minimum atomic E-state index is -4.83. The van der Waals surface area contributed by atoms with Crippen LogP contribution >= 0.6 is 0 Å². The number of nitrogens with zero attached hydrogens (tertiary/aromatic N) is 1. The van der Waals surface area contributed by atoms with Crippen molar-refractivity contribution in [3.63, 3.8) is 0 Å². The number of halogens is 3. The molecule has 2 rings (SSSR count). The van der Waals surface area contributed by atoms with Crippen LogP contribution in [0.25, 0.3) is 0 Å². The van der Waals surface area contributed by atoms with Gasteiger partial charge >= 0.3 is 12.3 Å². The number of fused-ring (bicyclic) bond motifs is 1. The summed E-state index contributed by atoms with van der Waals surface area (Å²) in [6, 6.07) is 3.95. The fourth-order valence-electron chi connectivity index (χ4n) is 2.92. The van der Waals surface area contributed by atoms with Crippen molar-refractivity contribution in [1.29, 1.82) is 0 Å². The Balaban J connectivity index is 0.000000547. The van der Waals surface area contributed by atoms with Crippen LogP contribution in [0.5, 0.6) is 0 Å². The third-order valence-corrected chi connectivity index (χ3v) is 4.08. The van der Waals surface area contributed by atoms with Crippen LogP contribution in [0.15, 0.2) is 18.2 Å². The number of alkyl halides is 3. The summed E-state index contributed by atoms with van der Waals surface area (Å²) in [4.78, 5) is 58.6. The zero-order valence-electron chi connectivity index (χ0n) is 17.5. The van der Waals surface area contributed by atoms with Gasteiger partial charge in [0, 0.05) is 12.6 Å². The van der Waals surface area contributed by atoms with Gasteiger partial charge in [-0.1, -0.05) is 19.4 Å². The predicted octanol–water partition coefficient (Wildman–Crippen LogP) is 0.447. The van der Waals surface area contributed by atoms with Crippen LogP contribution in [0.1, 0.15) is 47.4 Å². The standard InChI is InChI=1S/C16H20N4O4.C3H3F3O2/c1-2-4-12(14(22)19-9-21)20-15(23)10-5-3-6-11(18-8-7-17)13(10)16(20)24;1-2(7)8-3(4,5)6/h3,5-6,9,12,18H,2,4,7-8,17H2,1H3,(H,19,21,22);1H3/p+1. The van der Waals surface area contributed by atoms with Crippen LogP contribution in [-0.4, -0.2) is 60.5 Å². The number of amides is 4. The van der Waals surface area contributed by atoms with Crippen LogP contribution in [0.2, 0.25) is 0 Å². The summed E-state index contributed by atoms with van der Waals surface area (Å²) < 4.78 is 35.4. The predicted molar refractivity (Wildman–Crippen MR) is 104 cm³/mol. The number of esters is 1. The molecule has 0 aliphatic carbocycles. The van der Waals surface area contributed by atoms with Gasteiger partial charge in [0.2, 0.25) is 12.3 Å². The Labute approximate surface area is 181 Å². The second-order valence-electron chi connectivity index (χ2n) is 6.46. The zero-order chi connectivity index (χ0) is 24.5. The highest BCUT2D eigenvalue weighted by molar-refractivity contribution is 6.25. The first-order valence-corrected chi connectivity index (χ1v) is 9.52. The summed E-state index contributed by atoms with van der Waals surface area (Å²) in [7, 11) is 0. The first-order valence-electron chi connectivity index (χ1n) is 9.52. The van der Waals surface area contributed by atoms with Crippen molar-refractivity contribution in [3.8, 4) is 0 Å². The van der Waals surface area contributed by atoms with Gasteiger partial charge in [-0.15, -0.1) is 13.2 Å². The lowest BCUT2D eigenvalue weighted by molar-refractivity contribution is -0.362. The highest BCUT2D eigenvalue weighted by Crippen LogP contribution is 2.31. The Morgan fingerprint density at radius 3 is 2.38 bits per heavy atom. The molecule has 0 spiro atoms.